The van der Waals surface area contributed by atoms with Gasteiger partial charge in [-0.15, -0.1) is 11.3 Å². The van der Waals surface area contributed by atoms with E-state index in [1.807, 2.05) is 53.8 Å². The first kappa shape index (κ1) is 24.8. The van der Waals surface area contributed by atoms with Crippen LogP contribution in [0.1, 0.15) is 5.56 Å². The van der Waals surface area contributed by atoms with Crippen LogP contribution in [0.3, 0.4) is 0 Å². The van der Waals surface area contributed by atoms with E-state index in [9.17, 15) is 5.26 Å². The quantitative estimate of drug-likeness (QED) is 0.210. The third-order valence-corrected chi connectivity index (χ3v) is 9.79. The number of hydrogen-bond donors (Lipinski definition) is 0. The van der Waals surface area contributed by atoms with Crippen LogP contribution in [0.15, 0.2) is 140 Å². The lowest BCUT2D eigenvalue weighted by Gasteiger charge is -2.16. The van der Waals surface area contributed by atoms with Crippen molar-refractivity contribution in [3.63, 3.8) is 0 Å². The largest absolute Gasteiger partial charge is 0.293 e. The molecule has 9 aromatic rings. The highest BCUT2D eigenvalue weighted by atomic mass is 32.1. The summed E-state index contributed by atoms with van der Waals surface area (Å²) in [4.78, 5) is 5.25. The number of pyridine rings is 1. The summed E-state index contributed by atoms with van der Waals surface area (Å²) in [6.45, 7) is 0. The summed E-state index contributed by atoms with van der Waals surface area (Å²) in [5.74, 6) is 0.761. The number of nitriles is 1. The maximum absolute atomic E-state index is 10.5. The molecule has 0 bridgehead atoms. The Bertz CT molecular complexity index is 2620. The van der Waals surface area contributed by atoms with Crippen molar-refractivity contribution in [3.8, 4) is 34.1 Å². The molecule has 0 saturated carbocycles. The van der Waals surface area contributed by atoms with E-state index in [1.54, 1.807) is 0 Å². The normalized spacial score (nSPS) is 11.6. The van der Waals surface area contributed by atoms with Gasteiger partial charge >= 0.3 is 0 Å². The summed E-state index contributed by atoms with van der Waals surface area (Å²) in [5.41, 5.74) is 7.73. The van der Waals surface area contributed by atoms with Crippen molar-refractivity contribution in [1.29, 1.82) is 5.26 Å². The number of aromatic nitrogens is 2. The maximum Gasteiger partial charge on any atom is 0.147 e. The molecule has 0 aliphatic heterocycles. The molecule has 0 atom stereocenters. The van der Waals surface area contributed by atoms with Crippen molar-refractivity contribution < 1.29 is 0 Å². The number of nitrogens with zero attached hydrogens (tertiary/aromatic N) is 3. The van der Waals surface area contributed by atoms with Gasteiger partial charge in [0.1, 0.15) is 11.9 Å². The third-order valence-electron chi connectivity index (χ3n) is 8.64. The molecule has 3 nitrogen and oxygen atoms in total. The fourth-order valence-electron chi connectivity index (χ4n) is 6.64. The van der Waals surface area contributed by atoms with Gasteiger partial charge < -0.3 is 0 Å². The second-order valence-corrected chi connectivity index (χ2v) is 12.2. The molecule has 4 heteroatoms. The van der Waals surface area contributed by atoms with E-state index in [0.29, 0.717) is 5.56 Å². The van der Waals surface area contributed by atoms with Gasteiger partial charge in [-0.05, 0) is 59.2 Å². The minimum atomic E-state index is 0.635. The van der Waals surface area contributed by atoms with Crippen LogP contribution in [-0.2, 0) is 0 Å². The second-order valence-electron chi connectivity index (χ2n) is 11.1. The van der Waals surface area contributed by atoms with Gasteiger partial charge in [0.2, 0.25) is 0 Å². The second kappa shape index (κ2) is 9.64. The average Bonchev–Trinajstić information content (AvgIpc) is 3.62. The van der Waals surface area contributed by atoms with E-state index >= 15 is 0 Å². The average molecular weight is 578 g/mol. The lowest BCUT2D eigenvalue weighted by molar-refractivity contribution is 1.10. The molecular formula is C40H23N3S. The summed E-state index contributed by atoms with van der Waals surface area (Å²) in [5, 5.41) is 16.3. The molecule has 0 N–H and O–H groups in total. The van der Waals surface area contributed by atoms with Gasteiger partial charge in [0.25, 0.3) is 0 Å². The summed E-state index contributed by atoms with van der Waals surface area (Å²) >= 11 is 1.84. The van der Waals surface area contributed by atoms with Gasteiger partial charge in [0, 0.05) is 41.9 Å². The minimum Gasteiger partial charge on any atom is -0.293 e. The van der Waals surface area contributed by atoms with Gasteiger partial charge in [0.05, 0.1) is 22.1 Å². The lowest BCUT2D eigenvalue weighted by Crippen LogP contribution is -2.04. The molecule has 0 spiro atoms. The molecule has 0 radical (unpaired) electrons. The van der Waals surface area contributed by atoms with E-state index in [2.05, 4.69) is 108 Å². The molecular weight excluding hydrogens is 555 g/mol. The molecule has 0 aliphatic carbocycles. The van der Waals surface area contributed by atoms with Crippen molar-refractivity contribution in [3.05, 3.63) is 145 Å². The van der Waals surface area contributed by atoms with E-state index < -0.39 is 0 Å². The highest BCUT2D eigenvalue weighted by Gasteiger charge is 2.22. The Morgan fingerprint density at radius 3 is 2.00 bits per heavy atom. The van der Waals surface area contributed by atoms with Crippen LogP contribution in [-0.4, -0.2) is 9.55 Å². The lowest BCUT2D eigenvalue weighted by atomic mass is 9.97. The highest BCUT2D eigenvalue weighted by Crippen LogP contribution is 2.41. The Balaban J connectivity index is 1.34. The summed E-state index contributed by atoms with van der Waals surface area (Å²) in [6, 6.07) is 51.3. The Morgan fingerprint density at radius 1 is 0.523 bits per heavy atom. The van der Waals surface area contributed by atoms with Crippen LogP contribution in [0.2, 0.25) is 0 Å². The number of para-hydroxylation sites is 2. The van der Waals surface area contributed by atoms with Gasteiger partial charge in [-0.25, -0.2) is 4.98 Å². The molecule has 0 amide bonds. The van der Waals surface area contributed by atoms with Crippen LogP contribution in [0.5, 0.6) is 0 Å². The van der Waals surface area contributed by atoms with Crippen molar-refractivity contribution in [2.24, 2.45) is 0 Å². The molecule has 44 heavy (non-hydrogen) atoms. The number of rotatable bonds is 3. The predicted octanol–water partition coefficient (Wildman–Crippen LogP) is 10.9. The van der Waals surface area contributed by atoms with Crippen molar-refractivity contribution in [2.75, 3.05) is 0 Å². The Kier molecular flexibility index (Phi) is 5.43. The van der Waals surface area contributed by atoms with E-state index in [-0.39, 0.29) is 0 Å². The van der Waals surface area contributed by atoms with Crippen LogP contribution in [0.4, 0.5) is 0 Å². The molecule has 3 aromatic heterocycles. The topological polar surface area (TPSA) is 41.6 Å². The zero-order valence-electron chi connectivity index (χ0n) is 23.5. The van der Waals surface area contributed by atoms with Gasteiger partial charge in [-0.1, -0.05) is 97.1 Å². The smallest absolute Gasteiger partial charge is 0.147 e. The number of fused-ring (bicyclic) bond motifs is 7. The monoisotopic (exact) mass is 577 g/mol. The van der Waals surface area contributed by atoms with Gasteiger partial charge in [-0.3, -0.25) is 4.57 Å². The van der Waals surface area contributed by atoms with E-state index in [4.69, 9.17) is 4.98 Å². The molecule has 0 saturated heterocycles. The first-order valence-electron chi connectivity index (χ1n) is 14.6. The van der Waals surface area contributed by atoms with E-state index in [0.717, 1.165) is 49.7 Å². The molecule has 0 unspecified atom stereocenters. The number of thiophene rings is 1. The summed E-state index contributed by atoms with van der Waals surface area (Å²) < 4.78 is 4.85. The minimum absolute atomic E-state index is 0.635. The Morgan fingerprint density at radius 2 is 1.16 bits per heavy atom. The molecule has 0 fully saturated rings. The third kappa shape index (κ3) is 3.64. The Labute approximate surface area is 257 Å². The molecule has 3 heterocycles. The standard InChI is InChI=1S/C40H23N3S/c41-24-33-28-12-4-7-15-34(28)42-40(39(33)25-10-2-1-3-11-25)43-35-16-8-5-13-29(35)31-22-26(18-20-36(31)43)27-19-21-38-32(23-27)30-14-6-9-17-37(30)44-38/h1-23H. The van der Waals surface area contributed by atoms with Crippen LogP contribution < -0.4 is 0 Å². The summed E-state index contributed by atoms with van der Waals surface area (Å²) in [6.07, 6.45) is 0. The van der Waals surface area contributed by atoms with Crippen molar-refractivity contribution >= 4 is 64.2 Å². The number of benzene rings is 6. The van der Waals surface area contributed by atoms with Crippen molar-refractivity contribution in [2.45, 2.75) is 0 Å². The van der Waals surface area contributed by atoms with Gasteiger partial charge in [0.15, 0.2) is 0 Å². The first-order chi connectivity index (χ1) is 21.8. The Hall–Kier alpha value is -5.76. The van der Waals surface area contributed by atoms with Crippen LogP contribution >= 0.6 is 11.3 Å². The van der Waals surface area contributed by atoms with Crippen LogP contribution in [0.25, 0.3) is 81.0 Å². The van der Waals surface area contributed by atoms with Crippen molar-refractivity contribution in [1.82, 2.24) is 9.55 Å². The summed E-state index contributed by atoms with van der Waals surface area (Å²) in [7, 11) is 0. The molecule has 9 rings (SSSR count). The first-order valence-corrected chi connectivity index (χ1v) is 15.4. The van der Waals surface area contributed by atoms with E-state index in [1.165, 1.54) is 31.3 Å². The zero-order chi connectivity index (χ0) is 29.2. The maximum atomic E-state index is 10.5. The fraction of sp³-hybridized carbons (Fsp3) is 0. The van der Waals surface area contributed by atoms with Crippen LogP contribution in [0, 0.1) is 11.3 Å². The fourth-order valence-corrected chi connectivity index (χ4v) is 7.73. The molecule has 204 valence electrons. The number of hydrogen-bond acceptors (Lipinski definition) is 3. The molecule has 0 aliphatic rings. The predicted molar refractivity (Wildman–Crippen MR) is 185 cm³/mol. The molecule has 6 aromatic carbocycles. The zero-order valence-corrected chi connectivity index (χ0v) is 24.3. The highest BCUT2D eigenvalue weighted by molar-refractivity contribution is 7.25. The SMILES string of the molecule is N#Cc1c(-c2ccccc2)c(-n2c3ccccc3c3cc(-c4ccc5sc6ccccc6c5c4)ccc32)nc2ccccc12. The van der Waals surface area contributed by atoms with Gasteiger partial charge in [-0.2, -0.15) is 5.26 Å².